The number of likely N-dealkylation sites (tertiary alicyclic amines) is 1. The average Bonchev–Trinajstić information content (AvgIpc) is 2.85. The molecule has 1 aromatic heterocycles. The number of aromatic nitrogens is 2. The molecule has 0 radical (unpaired) electrons. The zero-order chi connectivity index (χ0) is 12.5. The van der Waals surface area contributed by atoms with Gasteiger partial charge in [0, 0.05) is 6.42 Å². The number of aryl methyl sites for hydroxylation is 1. The highest BCUT2D eigenvalue weighted by molar-refractivity contribution is 4.91. The fourth-order valence-corrected chi connectivity index (χ4v) is 2.07. The lowest BCUT2D eigenvalue weighted by molar-refractivity contribution is -0.177. The monoisotopic (exact) mass is 249 g/mol. The molecule has 1 aliphatic rings. The summed E-state index contributed by atoms with van der Waals surface area (Å²) in [5, 5.41) is 3.67. The van der Waals surface area contributed by atoms with E-state index in [1.165, 1.54) is 4.90 Å². The van der Waals surface area contributed by atoms with Crippen LogP contribution < -0.4 is 0 Å². The SMILES string of the molecule is CCc1nc(CN2CCCC2C(F)(F)F)no1. The van der Waals surface area contributed by atoms with E-state index in [-0.39, 0.29) is 13.0 Å². The molecule has 0 bridgehead atoms. The standard InChI is InChI=1S/C10H14F3N3O/c1-2-9-14-8(15-17-9)6-16-5-3-4-7(16)10(11,12)13/h7H,2-6H2,1H3. The third kappa shape index (κ3) is 2.77. The lowest BCUT2D eigenvalue weighted by Crippen LogP contribution is -2.40. The Balaban J connectivity index is 2.02. The van der Waals surface area contributed by atoms with Crippen LogP contribution in [0.3, 0.4) is 0 Å². The van der Waals surface area contributed by atoms with E-state index in [1.54, 1.807) is 0 Å². The predicted molar refractivity (Wildman–Crippen MR) is 53.2 cm³/mol. The highest BCUT2D eigenvalue weighted by Crippen LogP contribution is 2.33. The molecule has 0 N–H and O–H groups in total. The van der Waals surface area contributed by atoms with Crippen LogP contribution in [0.4, 0.5) is 13.2 Å². The third-order valence-corrected chi connectivity index (χ3v) is 2.90. The van der Waals surface area contributed by atoms with Crippen molar-refractivity contribution in [1.82, 2.24) is 15.0 Å². The largest absolute Gasteiger partial charge is 0.404 e. The van der Waals surface area contributed by atoms with Crippen molar-refractivity contribution in [1.29, 1.82) is 0 Å². The van der Waals surface area contributed by atoms with E-state index < -0.39 is 12.2 Å². The number of rotatable bonds is 3. The molecule has 0 saturated carbocycles. The summed E-state index contributed by atoms with van der Waals surface area (Å²) >= 11 is 0. The summed E-state index contributed by atoms with van der Waals surface area (Å²) in [6, 6.07) is -1.37. The molecular formula is C10H14F3N3O. The second-order valence-electron chi connectivity index (χ2n) is 4.13. The van der Waals surface area contributed by atoms with Gasteiger partial charge in [-0.2, -0.15) is 18.2 Å². The maximum atomic E-state index is 12.7. The first-order valence-corrected chi connectivity index (χ1v) is 5.63. The van der Waals surface area contributed by atoms with E-state index in [4.69, 9.17) is 4.52 Å². The van der Waals surface area contributed by atoms with Crippen molar-refractivity contribution in [2.45, 2.75) is 44.9 Å². The summed E-state index contributed by atoms with van der Waals surface area (Å²) in [6.45, 7) is 2.39. The van der Waals surface area contributed by atoms with Crippen molar-refractivity contribution in [2.24, 2.45) is 0 Å². The molecule has 0 spiro atoms. The Labute approximate surface area is 96.8 Å². The van der Waals surface area contributed by atoms with Crippen LogP contribution in [0.2, 0.25) is 0 Å². The molecule has 1 saturated heterocycles. The summed E-state index contributed by atoms with van der Waals surface area (Å²) in [7, 11) is 0. The lowest BCUT2D eigenvalue weighted by atomic mass is 10.2. The highest BCUT2D eigenvalue weighted by atomic mass is 19.4. The number of alkyl halides is 3. The first-order chi connectivity index (χ1) is 8.00. The van der Waals surface area contributed by atoms with Gasteiger partial charge in [-0.3, -0.25) is 4.90 Å². The third-order valence-electron chi connectivity index (χ3n) is 2.90. The Morgan fingerprint density at radius 2 is 2.24 bits per heavy atom. The molecule has 2 heterocycles. The smallest absolute Gasteiger partial charge is 0.339 e. The summed E-state index contributed by atoms with van der Waals surface area (Å²) in [5.74, 6) is 0.792. The van der Waals surface area contributed by atoms with Crippen LogP contribution in [0.25, 0.3) is 0 Å². The first-order valence-electron chi connectivity index (χ1n) is 5.63. The highest BCUT2D eigenvalue weighted by Gasteiger charge is 2.45. The van der Waals surface area contributed by atoms with Crippen molar-refractivity contribution in [3.63, 3.8) is 0 Å². The van der Waals surface area contributed by atoms with Gasteiger partial charge in [-0.05, 0) is 19.4 Å². The van der Waals surface area contributed by atoms with Crippen LogP contribution in [0.5, 0.6) is 0 Å². The van der Waals surface area contributed by atoms with Gasteiger partial charge in [0.2, 0.25) is 5.89 Å². The van der Waals surface area contributed by atoms with Crippen molar-refractivity contribution >= 4 is 0 Å². The second kappa shape index (κ2) is 4.64. The van der Waals surface area contributed by atoms with Crippen LogP contribution in [-0.4, -0.2) is 33.8 Å². The van der Waals surface area contributed by atoms with E-state index in [1.807, 2.05) is 6.92 Å². The number of nitrogens with zero attached hydrogens (tertiary/aromatic N) is 3. The van der Waals surface area contributed by atoms with Crippen LogP contribution in [0.15, 0.2) is 4.52 Å². The van der Waals surface area contributed by atoms with E-state index in [2.05, 4.69) is 10.1 Å². The van der Waals surface area contributed by atoms with Crippen molar-refractivity contribution in [2.75, 3.05) is 6.54 Å². The van der Waals surface area contributed by atoms with Crippen LogP contribution in [-0.2, 0) is 13.0 Å². The molecule has 0 amide bonds. The minimum atomic E-state index is -4.17. The fourth-order valence-electron chi connectivity index (χ4n) is 2.07. The Morgan fingerprint density at radius 1 is 1.47 bits per heavy atom. The molecule has 0 aromatic carbocycles. The molecule has 1 aromatic rings. The maximum absolute atomic E-state index is 12.7. The zero-order valence-electron chi connectivity index (χ0n) is 9.50. The molecule has 96 valence electrons. The quantitative estimate of drug-likeness (QED) is 0.823. The van der Waals surface area contributed by atoms with E-state index in [0.717, 1.165) is 0 Å². The topological polar surface area (TPSA) is 42.2 Å². The van der Waals surface area contributed by atoms with Gasteiger partial charge in [-0.25, -0.2) is 0 Å². The summed E-state index contributed by atoms with van der Waals surface area (Å²) in [6.07, 6.45) is -2.87. The molecule has 1 fully saturated rings. The van der Waals surface area contributed by atoms with Crippen LogP contribution >= 0.6 is 0 Å². The first kappa shape index (κ1) is 12.3. The summed E-state index contributed by atoms with van der Waals surface area (Å²) in [4.78, 5) is 5.39. The molecule has 17 heavy (non-hydrogen) atoms. The van der Waals surface area contributed by atoms with Gasteiger partial charge < -0.3 is 4.52 Å². The second-order valence-corrected chi connectivity index (χ2v) is 4.13. The Hall–Kier alpha value is -1.11. The van der Waals surface area contributed by atoms with Crippen molar-refractivity contribution in [3.05, 3.63) is 11.7 Å². The minimum Gasteiger partial charge on any atom is -0.339 e. The minimum absolute atomic E-state index is 0.105. The molecular weight excluding hydrogens is 235 g/mol. The molecule has 1 aliphatic heterocycles. The van der Waals surface area contributed by atoms with Gasteiger partial charge in [-0.1, -0.05) is 12.1 Å². The maximum Gasteiger partial charge on any atom is 0.404 e. The van der Waals surface area contributed by atoms with Crippen LogP contribution in [0.1, 0.15) is 31.5 Å². The molecule has 1 atom stereocenters. The lowest BCUT2D eigenvalue weighted by Gasteiger charge is -2.24. The van der Waals surface area contributed by atoms with Gasteiger partial charge in [0.1, 0.15) is 6.04 Å². The van der Waals surface area contributed by atoms with Gasteiger partial charge in [0.25, 0.3) is 0 Å². The number of hydrogen-bond acceptors (Lipinski definition) is 4. The van der Waals surface area contributed by atoms with Gasteiger partial charge >= 0.3 is 6.18 Å². The van der Waals surface area contributed by atoms with Crippen molar-refractivity contribution in [3.8, 4) is 0 Å². The fraction of sp³-hybridized carbons (Fsp3) is 0.800. The predicted octanol–water partition coefficient (Wildman–Crippen LogP) is 2.16. The Kier molecular flexibility index (Phi) is 3.37. The molecule has 2 rings (SSSR count). The van der Waals surface area contributed by atoms with E-state index >= 15 is 0 Å². The normalized spacial score (nSPS) is 22.2. The molecule has 4 nitrogen and oxygen atoms in total. The van der Waals surface area contributed by atoms with E-state index in [0.29, 0.717) is 31.1 Å². The molecule has 0 aliphatic carbocycles. The van der Waals surface area contributed by atoms with E-state index in [9.17, 15) is 13.2 Å². The zero-order valence-corrected chi connectivity index (χ0v) is 9.50. The van der Waals surface area contributed by atoms with Crippen LogP contribution in [0, 0.1) is 0 Å². The van der Waals surface area contributed by atoms with Gasteiger partial charge in [0.05, 0.1) is 6.54 Å². The molecule has 7 heteroatoms. The Morgan fingerprint density at radius 3 is 2.82 bits per heavy atom. The number of hydrogen-bond donors (Lipinski definition) is 0. The summed E-state index contributed by atoms with van der Waals surface area (Å²) in [5.41, 5.74) is 0. The molecule has 1 unspecified atom stereocenters. The average molecular weight is 249 g/mol. The van der Waals surface area contributed by atoms with Gasteiger partial charge in [0.15, 0.2) is 5.82 Å². The summed E-state index contributed by atoms with van der Waals surface area (Å²) < 4.78 is 42.9. The van der Waals surface area contributed by atoms with Gasteiger partial charge in [-0.15, -0.1) is 0 Å². The number of halogens is 3. The van der Waals surface area contributed by atoms with Crippen molar-refractivity contribution < 1.29 is 17.7 Å². The Bertz CT molecular complexity index is 377.